The van der Waals surface area contributed by atoms with Crippen molar-refractivity contribution in [2.45, 2.75) is 4.90 Å². The summed E-state index contributed by atoms with van der Waals surface area (Å²) in [6.45, 7) is 8.13. The molecule has 0 spiro atoms. The summed E-state index contributed by atoms with van der Waals surface area (Å²) < 4.78 is 58.3. The van der Waals surface area contributed by atoms with Crippen LogP contribution < -0.4 is 0 Å². The van der Waals surface area contributed by atoms with E-state index in [9.17, 15) is 17.2 Å². The van der Waals surface area contributed by atoms with Crippen LogP contribution in [0.25, 0.3) is 33.1 Å². The van der Waals surface area contributed by atoms with E-state index in [0.717, 1.165) is 0 Å². The van der Waals surface area contributed by atoms with Crippen molar-refractivity contribution in [2.75, 3.05) is 0 Å². The molecule has 0 bridgehead atoms. The van der Waals surface area contributed by atoms with Gasteiger partial charge < -0.3 is 0 Å². The summed E-state index contributed by atoms with van der Waals surface area (Å²) in [5, 5.41) is 1.16. The van der Waals surface area contributed by atoms with Crippen LogP contribution in [-0.4, -0.2) is 17.4 Å². The smallest absolute Gasteiger partial charge is 0.229 e. The van der Waals surface area contributed by atoms with Gasteiger partial charge in [0.25, 0.3) is 10.0 Å². The first kappa shape index (κ1) is 25.4. The number of pyridine rings is 1. The van der Waals surface area contributed by atoms with Gasteiger partial charge in [-0.2, -0.15) is 0 Å². The number of aromatic nitrogens is 2. The summed E-state index contributed by atoms with van der Waals surface area (Å²) in [7, 11) is -4.09. The van der Waals surface area contributed by atoms with Crippen molar-refractivity contribution >= 4 is 43.1 Å². The number of benzene rings is 4. The molecule has 0 amide bonds. The first-order valence-corrected chi connectivity index (χ1v) is 13.9. The van der Waals surface area contributed by atoms with Crippen LogP contribution in [0.4, 0.5) is 8.78 Å². The molecule has 0 N–H and O–H groups in total. The van der Waals surface area contributed by atoms with Gasteiger partial charge in [-0.25, -0.2) is 26.2 Å². The molecule has 0 aliphatic heterocycles. The summed E-state index contributed by atoms with van der Waals surface area (Å²) in [6, 6.07) is 29.2. The zero-order valence-electron chi connectivity index (χ0n) is 21.2. The quantitative estimate of drug-likeness (QED) is 0.213. The zero-order valence-corrected chi connectivity index (χ0v) is 22.0. The molecule has 0 aliphatic rings. The second kappa shape index (κ2) is 9.70. The Morgan fingerprint density at radius 2 is 1.27 bits per heavy atom. The largest absolute Gasteiger partial charge is 0.269 e. The van der Waals surface area contributed by atoms with Crippen LogP contribution in [0.15, 0.2) is 127 Å². The lowest BCUT2D eigenvalue weighted by Gasteiger charge is -2.11. The molecule has 196 valence electrons. The monoisotopic (exact) mass is 548 g/mol. The fourth-order valence-corrected chi connectivity index (χ4v) is 6.36. The lowest BCUT2D eigenvalue weighted by molar-refractivity contribution is 0.590. The molecule has 0 saturated carbocycles. The first-order chi connectivity index (χ1) is 19.3. The van der Waals surface area contributed by atoms with Gasteiger partial charge in [0, 0.05) is 27.5 Å². The Hall–Kier alpha value is -4.88. The Bertz CT molecular complexity index is 2080. The first-order valence-electron chi connectivity index (χ1n) is 12.4. The molecule has 0 atom stereocenters. The highest BCUT2D eigenvalue weighted by atomic mass is 32.2. The SMILES string of the molecule is C=C(c1ccc2c(c1)c1ccc(C(=C)c3ccccc3F)nc1n2S(=O)(=O)c1ccccc1)c1ccccc1F. The fraction of sp³-hybridized carbons (Fsp3) is 0. The summed E-state index contributed by atoms with van der Waals surface area (Å²) in [6.07, 6.45) is 0. The molecule has 4 nitrogen and oxygen atoms in total. The maximum absolute atomic E-state index is 14.6. The van der Waals surface area contributed by atoms with Crippen molar-refractivity contribution in [1.82, 2.24) is 8.96 Å². The minimum atomic E-state index is -4.09. The Kier molecular flexibility index (Phi) is 6.16. The third kappa shape index (κ3) is 4.12. The van der Waals surface area contributed by atoms with Gasteiger partial charge in [-0.3, -0.25) is 0 Å². The Balaban J connectivity index is 1.61. The third-order valence-electron chi connectivity index (χ3n) is 6.91. The van der Waals surface area contributed by atoms with E-state index in [4.69, 9.17) is 4.98 Å². The van der Waals surface area contributed by atoms with E-state index in [1.807, 2.05) is 0 Å². The number of nitrogens with zero attached hydrogens (tertiary/aromatic N) is 2. The minimum absolute atomic E-state index is 0.0915. The van der Waals surface area contributed by atoms with E-state index in [2.05, 4.69) is 13.2 Å². The van der Waals surface area contributed by atoms with Gasteiger partial charge in [0.2, 0.25) is 0 Å². The average Bonchev–Trinajstić information content (AvgIpc) is 3.31. The van der Waals surface area contributed by atoms with E-state index >= 15 is 0 Å². The maximum Gasteiger partial charge on any atom is 0.269 e. The van der Waals surface area contributed by atoms with E-state index in [1.165, 1.54) is 28.2 Å². The van der Waals surface area contributed by atoms with Crippen LogP contribution in [0.3, 0.4) is 0 Å². The van der Waals surface area contributed by atoms with Gasteiger partial charge in [0.05, 0.1) is 16.1 Å². The molecule has 0 radical (unpaired) electrons. The van der Waals surface area contributed by atoms with E-state index in [-0.39, 0.29) is 16.1 Å². The van der Waals surface area contributed by atoms with E-state index in [1.54, 1.807) is 84.9 Å². The van der Waals surface area contributed by atoms with Crippen LogP contribution in [0, 0.1) is 11.6 Å². The molecule has 6 aromatic rings. The van der Waals surface area contributed by atoms with Gasteiger partial charge in [-0.05, 0) is 59.7 Å². The van der Waals surface area contributed by atoms with E-state index < -0.39 is 21.7 Å². The number of hydrogen-bond acceptors (Lipinski definition) is 3. The third-order valence-corrected chi connectivity index (χ3v) is 8.63. The van der Waals surface area contributed by atoms with Gasteiger partial charge >= 0.3 is 0 Å². The lowest BCUT2D eigenvalue weighted by Crippen LogP contribution is -2.13. The predicted molar refractivity (Wildman–Crippen MR) is 155 cm³/mol. The zero-order chi connectivity index (χ0) is 28.0. The molecule has 0 aliphatic carbocycles. The highest BCUT2D eigenvalue weighted by Gasteiger charge is 2.25. The minimum Gasteiger partial charge on any atom is -0.229 e. The second-order valence-corrected chi connectivity index (χ2v) is 11.1. The lowest BCUT2D eigenvalue weighted by atomic mass is 9.97. The van der Waals surface area contributed by atoms with Crippen molar-refractivity contribution < 1.29 is 17.2 Å². The van der Waals surface area contributed by atoms with Crippen molar-refractivity contribution in [3.63, 3.8) is 0 Å². The summed E-state index contributed by atoms with van der Waals surface area (Å²) in [4.78, 5) is 4.80. The molecule has 0 fully saturated rings. The molecular weight excluding hydrogens is 526 g/mol. The number of fused-ring (bicyclic) bond motifs is 3. The Morgan fingerprint density at radius 1 is 0.675 bits per heavy atom. The normalized spacial score (nSPS) is 11.7. The molecular formula is C33H22F2N2O2S. The molecule has 0 saturated heterocycles. The summed E-state index contributed by atoms with van der Waals surface area (Å²) in [5.74, 6) is -0.859. The highest BCUT2D eigenvalue weighted by molar-refractivity contribution is 7.90. The number of rotatable bonds is 6. The molecule has 2 heterocycles. The molecule has 7 heteroatoms. The number of hydrogen-bond donors (Lipinski definition) is 0. The highest BCUT2D eigenvalue weighted by Crippen LogP contribution is 2.36. The summed E-state index contributed by atoms with van der Waals surface area (Å²) >= 11 is 0. The van der Waals surface area contributed by atoms with Crippen LogP contribution in [-0.2, 0) is 10.0 Å². The maximum atomic E-state index is 14.6. The van der Waals surface area contributed by atoms with Gasteiger partial charge in [0.1, 0.15) is 11.6 Å². The van der Waals surface area contributed by atoms with Crippen molar-refractivity contribution in [1.29, 1.82) is 0 Å². The van der Waals surface area contributed by atoms with Gasteiger partial charge in [0.15, 0.2) is 5.65 Å². The van der Waals surface area contributed by atoms with Crippen LogP contribution in [0.1, 0.15) is 22.4 Å². The summed E-state index contributed by atoms with van der Waals surface area (Å²) in [5.41, 5.74) is 2.93. The average molecular weight is 549 g/mol. The number of halogens is 2. The second-order valence-electron chi connectivity index (χ2n) is 9.30. The Labute approximate surface area is 230 Å². The molecule has 6 rings (SSSR count). The van der Waals surface area contributed by atoms with Gasteiger partial charge in [-0.1, -0.05) is 73.8 Å². The van der Waals surface area contributed by atoms with Crippen molar-refractivity contribution in [3.8, 4) is 0 Å². The Morgan fingerprint density at radius 3 is 1.93 bits per heavy atom. The van der Waals surface area contributed by atoms with Gasteiger partial charge in [-0.15, -0.1) is 0 Å². The molecule has 4 aromatic carbocycles. The van der Waals surface area contributed by atoms with Crippen LogP contribution >= 0.6 is 0 Å². The predicted octanol–water partition coefficient (Wildman–Crippen LogP) is 7.83. The van der Waals surface area contributed by atoms with Crippen molar-refractivity contribution in [3.05, 3.63) is 156 Å². The van der Waals surface area contributed by atoms with Crippen LogP contribution in [0.5, 0.6) is 0 Å². The standard InChI is InChI=1S/C33H22F2N2O2S/c1-21(25-12-6-8-14-29(25)34)23-16-19-32-28(20-23)27-17-18-31(22(2)26-13-7-9-15-30(26)35)36-33(27)37(32)40(38,39)24-10-4-3-5-11-24/h3-20H,1-2H2. The molecule has 2 aromatic heterocycles. The molecule has 40 heavy (non-hydrogen) atoms. The van der Waals surface area contributed by atoms with E-state index in [0.29, 0.717) is 44.3 Å². The topological polar surface area (TPSA) is 52.0 Å². The fourth-order valence-electron chi connectivity index (χ4n) is 4.86. The van der Waals surface area contributed by atoms with Crippen molar-refractivity contribution in [2.24, 2.45) is 0 Å². The van der Waals surface area contributed by atoms with Crippen LogP contribution in [0.2, 0.25) is 0 Å². The molecule has 0 unspecified atom stereocenters.